The third-order valence-corrected chi connectivity index (χ3v) is 3.38. The van der Waals surface area contributed by atoms with Crippen molar-refractivity contribution >= 4 is 0 Å². The highest BCUT2D eigenvalue weighted by molar-refractivity contribution is 5.51. The van der Waals surface area contributed by atoms with E-state index >= 15 is 0 Å². The summed E-state index contributed by atoms with van der Waals surface area (Å²) in [7, 11) is 4.91. The quantitative estimate of drug-likeness (QED) is 0.560. The Morgan fingerprint density at radius 1 is 1.10 bits per heavy atom. The number of nitrogens with one attached hydrogen (secondary N) is 1. The van der Waals surface area contributed by atoms with Crippen molar-refractivity contribution < 1.29 is 14.2 Å². The molecule has 1 unspecified atom stereocenters. The first-order chi connectivity index (χ1) is 10.2. The molecule has 1 aromatic rings. The largest absolute Gasteiger partial charge is 0.496 e. The van der Waals surface area contributed by atoms with Crippen LogP contribution in [0.1, 0.15) is 37.8 Å². The van der Waals surface area contributed by atoms with E-state index in [0.717, 1.165) is 37.1 Å². The first-order valence-electron chi connectivity index (χ1n) is 7.18. The van der Waals surface area contributed by atoms with Crippen LogP contribution in [-0.4, -0.2) is 27.9 Å². The van der Waals surface area contributed by atoms with Gasteiger partial charge in [-0.1, -0.05) is 6.92 Å². The number of ether oxygens (including phenoxy) is 3. The smallest absolute Gasteiger partial charge is 0.164 e. The molecule has 1 N–H and O–H groups in total. The normalized spacial score (nSPS) is 11.6. The zero-order chi connectivity index (χ0) is 15.7. The van der Waals surface area contributed by atoms with Gasteiger partial charge in [-0.2, -0.15) is 0 Å². The lowest BCUT2D eigenvalue weighted by Gasteiger charge is -2.22. The van der Waals surface area contributed by atoms with Crippen molar-refractivity contribution in [1.82, 2.24) is 5.32 Å². The Balaban J connectivity index is 3.12. The van der Waals surface area contributed by atoms with E-state index in [1.807, 2.05) is 12.1 Å². The molecule has 0 bridgehead atoms. The molecular formula is C17H25NO3. The van der Waals surface area contributed by atoms with E-state index in [9.17, 15) is 0 Å². The van der Waals surface area contributed by atoms with E-state index in [1.165, 1.54) is 0 Å². The fourth-order valence-electron chi connectivity index (χ4n) is 2.35. The van der Waals surface area contributed by atoms with Crippen molar-refractivity contribution in [3.63, 3.8) is 0 Å². The Morgan fingerprint density at radius 2 is 1.71 bits per heavy atom. The molecule has 0 radical (unpaired) electrons. The van der Waals surface area contributed by atoms with Crippen molar-refractivity contribution in [2.75, 3.05) is 27.9 Å². The molecule has 116 valence electrons. The number of hydrogen-bond donors (Lipinski definition) is 1. The molecule has 0 aliphatic heterocycles. The molecule has 1 aromatic carbocycles. The van der Waals surface area contributed by atoms with Gasteiger partial charge < -0.3 is 19.5 Å². The van der Waals surface area contributed by atoms with Crippen LogP contribution in [0, 0.1) is 12.3 Å². The van der Waals surface area contributed by atoms with Gasteiger partial charge in [0, 0.05) is 24.1 Å². The zero-order valence-electron chi connectivity index (χ0n) is 13.4. The van der Waals surface area contributed by atoms with Gasteiger partial charge in [-0.15, -0.1) is 12.3 Å². The Kier molecular flexibility index (Phi) is 7.49. The number of benzene rings is 1. The molecule has 0 fully saturated rings. The second-order valence-electron chi connectivity index (χ2n) is 4.66. The van der Waals surface area contributed by atoms with Crippen LogP contribution in [0.15, 0.2) is 12.1 Å². The van der Waals surface area contributed by atoms with Gasteiger partial charge in [0.25, 0.3) is 0 Å². The van der Waals surface area contributed by atoms with Gasteiger partial charge in [-0.3, -0.25) is 0 Å². The Labute approximate surface area is 127 Å². The summed E-state index contributed by atoms with van der Waals surface area (Å²) in [5, 5.41) is 3.48. The van der Waals surface area contributed by atoms with Crippen LogP contribution >= 0.6 is 0 Å². The number of hydrogen-bond acceptors (Lipinski definition) is 4. The highest BCUT2D eigenvalue weighted by atomic mass is 16.5. The second kappa shape index (κ2) is 9.15. The van der Waals surface area contributed by atoms with E-state index in [-0.39, 0.29) is 6.04 Å². The maximum absolute atomic E-state index is 5.51. The summed E-state index contributed by atoms with van der Waals surface area (Å²) >= 11 is 0. The molecular weight excluding hydrogens is 266 g/mol. The molecule has 0 aliphatic rings. The lowest BCUT2D eigenvalue weighted by Crippen LogP contribution is -2.21. The van der Waals surface area contributed by atoms with Gasteiger partial charge in [0.15, 0.2) is 11.5 Å². The van der Waals surface area contributed by atoms with E-state index in [0.29, 0.717) is 11.5 Å². The molecule has 0 aliphatic carbocycles. The minimum Gasteiger partial charge on any atom is -0.496 e. The van der Waals surface area contributed by atoms with E-state index in [2.05, 4.69) is 18.2 Å². The highest BCUT2D eigenvalue weighted by Gasteiger charge is 2.19. The summed E-state index contributed by atoms with van der Waals surface area (Å²) in [5.41, 5.74) is 1.06. The van der Waals surface area contributed by atoms with Crippen LogP contribution in [0.5, 0.6) is 17.2 Å². The first kappa shape index (κ1) is 17.2. The van der Waals surface area contributed by atoms with E-state index < -0.39 is 0 Å². The summed E-state index contributed by atoms with van der Waals surface area (Å²) in [4.78, 5) is 0. The second-order valence-corrected chi connectivity index (χ2v) is 4.66. The molecule has 1 atom stereocenters. The molecule has 4 heteroatoms. The average Bonchev–Trinajstić information content (AvgIpc) is 2.52. The summed E-state index contributed by atoms with van der Waals surface area (Å²) < 4.78 is 16.2. The van der Waals surface area contributed by atoms with Crippen molar-refractivity contribution in [3.8, 4) is 29.6 Å². The first-order valence-corrected chi connectivity index (χ1v) is 7.18. The number of unbranched alkanes of at least 4 members (excludes halogenated alkanes) is 1. The zero-order valence-corrected chi connectivity index (χ0v) is 13.4. The summed E-state index contributed by atoms with van der Waals surface area (Å²) in [6, 6.07) is 4.01. The van der Waals surface area contributed by atoms with Crippen LogP contribution in [0.25, 0.3) is 0 Å². The van der Waals surface area contributed by atoms with E-state index in [4.69, 9.17) is 20.6 Å². The molecule has 0 saturated carbocycles. The van der Waals surface area contributed by atoms with Gasteiger partial charge in [0.05, 0.1) is 21.3 Å². The van der Waals surface area contributed by atoms with Gasteiger partial charge in [-0.25, -0.2) is 0 Å². The Bertz CT molecular complexity index is 480. The van der Waals surface area contributed by atoms with Gasteiger partial charge >= 0.3 is 0 Å². The van der Waals surface area contributed by atoms with E-state index in [1.54, 1.807) is 21.3 Å². The lowest BCUT2D eigenvalue weighted by atomic mass is 9.99. The Hall–Kier alpha value is -1.86. The molecule has 0 heterocycles. The van der Waals surface area contributed by atoms with Crippen LogP contribution in [0.4, 0.5) is 0 Å². The summed E-state index contributed by atoms with van der Waals surface area (Å²) in [6.07, 6.45) is 8.02. The van der Waals surface area contributed by atoms with Crippen molar-refractivity contribution in [2.24, 2.45) is 0 Å². The minimum absolute atomic E-state index is 0.179. The maximum atomic E-state index is 5.51. The Morgan fingerprint density at radius 3 is 2.24 bits per heavy atom. The minimum atomic E-state index is 0.179. The molecule has 0 saturated heterocycles. The molecule has 0 aromatic heterocycles. The summed E-state index contributed by atoms with van der Waals surface area (Å²) in [5.74, 6) is 4.84. The fourth-order valence-corrected chi connectivity index (χ4v) is 2.35. The predicted octanol–water partition coefficient (Wildman–Crippen LogP) is 3.17. The number of rotatable bonds is 9. The fraction of sp³-hybridized carbons (Fsp3) is 0.529. The maximum Gasteiger partial charge on any atom is 0.164 e. The third-order valence-electron chi connectivity index (χ3n) is 3.38. The SMILES string of the molecule is C#CCCCC(NCC)c1cc(OC)c(OC)cc1OC. The highest BCUT2D eigenvalue weighted by Crippen LogP contribution is 2.38. The lowest BCUT2D eigenvalue weighted by molar-refractivity contribution is 0.344. The monoisotopic (exact) mass is 291 g/mol. The number of terminal acetylenes is 1. The standard InChI is InChI=1S/C17H25NO3/c1-6-8-9-10-14(18-7-2)13-11-16(20-4)17(21-5)12-15(13)19-3/h1,11-12,14,18H,7-10H2,2-5H3. The number of methoxy groups -OCH3 is 3. The van der Waals surface area contributed by atoms with Crippen LogP contribution in [0.3, 0.4) is 0 Å². The molecule has 21 heavy (non-hydrogen) atoms. The average molecular weight is 291 g/mol. The van der Waals surface area contributed by atoms with Gasteiger partial charge in [0.1, 0.15) is 5.75 Å². The van der Waals surface area contributed by atoms with Crippen molar-refractivity contribution in [3.05, 3.63) is 17.7 Å². The van der Waals surface area contributed by atoms with Crippen molar-refractivity contribution in [2.45, 2.75) is 32.2 Å². The summed E-state index contributed by atoms with van der Waals surface area (Å²) in [6.45, 7) is 2.96. The van der Waals surface area contributed by atoms with Crippen molar-refractivity contribution in [1.29, 1.82) is 0 Å². The third kappa shape index (κ3) is 4.57. The van der Waals surface area contributed by atoms with Crippen LogP contribution in [-0.2, 0) is 0 Å². The van der Waals surface area contributed by atoms with Crippen LogP contribution in [0.2, 0.25) is 0 Å². The topological polar surface area (TPSA) is 39.7 Å². The molecule has 4 nitrogen and oxygen atoms in total. The molecule has 0 spiro atoms. The van der Waals surface area contributed by atoms with Gasteiger partial charge in [-0.05, 0) is 25.5 Å². The predicted molar refractivity (Wildman–Crippen MR) is 85.2 cm³/mol. The molecule has 0 amide bonds. The molecule has 1 rings (SSSR count). The van der Waals surface area contributed by atoms with Gasteiger partial charge in [0.2, 0.25) is 0 Å². The van der Waals surface area contributed by atoms with Crippen LogP contribution < -0.4 is 19.5 Å².